The van der Waals surface area contributed by atoms with E-state index in [-0.39, 0.29) is 0 Å². The van der Waals surface area contributed by atoms with Gasteiger partial charge in [0.1, 0.15) is 5.75 Å². The molecule has 0 amide bonds. The van der Waals surface area contributed by atoms with E-state index in [2.05, 4.69) is 53.6 Å². The minimum absolute atomic E-state index is 0.451. The van der Waals surface area contributed by atoms with E-state index in [4.69, 9.17) is 4.74 Å². The monoisotopic (exact) mass is 284 g/mol. The Kier molecular flexibility index (Phi) is 6.22. The first-order valence-electron chi connectivity index (χ1n) is 7.57. The van der Waals surface area contributed by atoms with Crippen molar-refractivity contribution in [3.8, 4) is 5.75 Å². The topological polar surface area (TPSA) is 34.2 Å². The molecule has 3 heteroatoms. The van der Waals surface area contributed by atoms with E-state index in [0.29, 0.717) is 5.92 Å². The van der Waals surface area contributed by atoms with E-state index in [1.807, 2.05) is 6.20 Å². The number of nitrogens with one attached hydrogen (secondary N) is 1. The highest BCUT2D eigenvalue weighted by Gasteiger charge is 2.12. The second kappa shape index (κ2) is 8.42. The van der Waals surface area contributed by atoms with Gasteiger partial charge in [0.15, 0.2) is 0 Å². The summed E-state index contributed by atoms with van der Waals surface area (Å²) in [7, 11) is 1.68. The number of benzene rings is 1. The number of ether oxygens (including phenoxy) is 1. The fourth-order valence-electron chi connectivity index (χ4n) is 2.46. The lowest BCUT2D eigenvalue weighted by atomic mass is 9.92. The smallest absolute Gasteiger partial charge is 0.137 e. The zero-order valence-corrected chi connectivity index (χ0v) is 12.9. The Hall–Kier alpha value is -1.87. The molecule has 21 heavy (non-hydrogen) atoms. The van der Waals surface area contributed by atoms with Crippen LogP contribution in [0.25, 0.3) is 0 Å². The molecule has 1 unspecified atom stereocenters. The van der Waals surface area contributed by atoms with E-state index in [1.165, 1.54) is 11.1 Å². The van der Waals surface area contributed by atoms with Gasteiger partial charge < -0.3 is 10.1 Å². The molecule has 0 aliphatic carbocycles. The lowest BCUT2D eigenvalue weighted by Gasteiger charge is -2.18. The van der Waals surface area contributed by atoms with Crippen molar-refractivity contribution in [1.29, 1.82) is 0 Å². The summed E-state index contributed by atoms with van der Waals surface area (Å²) >= 11 is 0. The first-order chi connectivity index (χ1) is 10.3. The van der Waals surface area contributed by atoms with Gasteiger partial charge >= 0.3 is 0 Å². The summed E-state index contributed by atoms with van der Waals surface area (Å²) in [4.78, 5) is 4.25. The molecule has 1 aromatic carbocycles. The van der Waals surface area contributed by atoms with Crippen molar-refractivity contribution in [2.45, 2.75) is 25.7 Å². The van der Waals surface area contributed by atoms with Crippen LogP contribution in [0.5, 0.6) is 5.75 Å². The Morgan fingerprint density at radius 2 is 2.00 bits per heavy atom. The molecular formula is C18H24N2O. The van der Waals surface area contributed by atoms with Crippen LogP contribution in [0.1, 0.15) is 30.4 Å². The van der Waals surface area contributed by atoms with Crippen LogP contribution in [0.15, 0.2) is 48.8 Å². The van der Waals surface area contributed by atoms with Crippen LogP contribution in [-0.2, 0) is 6.42 Å². The summed E-state index contributed by atoms with van der Waals surface area (Å²) in [5, 5.41) is 3.53. The van der Waals surface area contributed by atoms with Gasteiger partial charge in [-0.2, -0.15) is 0 Å². The zero-order chi connectivity index (χ0) is 14.9. The molecule has 0 aliphatic heterocycles. The van der Waals surface area contributed by atoms with Crippen LogP contribution in [0.4, 0.5) is 0 Å². The Morgan fingerprint density at radius 1 is 1.19 bits per heavy atom. The predicted molar refractivity (Wildman–Crippen MR) is 86.8 cm³/mol. The molecule has 1 heterocycles. The minimum Gasteiger partial charge on any atom is -0.495 e. The van der Waals surface area contributed by atoms with Crippen molar-refractivity contribution in [3.63, 3.8) is 0 Å². The van der Waals surface area contributed by atoms with Crippen molar-refractivity contribution in [3.05, 3.63) is 59.9 Å². The van der Waals surface area contributed by atoms with Crippen LogP contribution in [0.2, 0.25) is 0 Å². The molecule has 0 fully saturated rings. The molecule has 1 atom stereocenters. The SMILES string of the molecule is CCCNCC(Cc1cncc(OC)c1)c1ccccc1. The van der Waals surface area contributed by atoms with Gasteiger partial charge in [-0.3, -0.25) is 4.98 Å². The Morgan fingerprint density at radius 3 is 2.71 bits per heavy atom. The predicted octanol–water partition coefficient (Wildman–Crippen LogP) is 3.42. The van der Waals surface area contributed by atoms with E-state index in [9.17, 15) is 0 Å². The first-order valence-corrected chi connectivity index (χ1v) is 7.57. The number of methoxy groups -OCH3 is 1. The van der Waals surface area contributed by atoms with Crippen molar-refractivity contribution in [2.75, 3.05) is 20.2 Å². The van der Waals surface area contributed by atoms with Gasteiger partial charge in [-0.15, -0.1) is 0 Å². The van der Waals surface area contributed by atoms with Gasteiger partial charge in [0, 0.05) is 18.7 Å². The maximum Gasteiger partial charge on any atom is 0.137 e. The number of hydrogen-bond acceptors (Lipinski definition) is 3. The molecule has 0 bridgehead atoms. The summed E-state index contributed by atoms with van der Waals surface area (Å²) in [5.41, 5.74) is 2.57. The van der Waals surface area contributed by atoms with Crippen molar-refractivity contribution in [2.24, 2.45) is 0 Å². The van der Waals surface area contributed by atoms with Crippen LogP contribution < -0.4 is 10.1 Å². The highest BCUT2D eigenvalue weighted by molar-refractivity contribution is 5.27. The summed E-state index contributed by atoms with van der Waals surface area (Å²) < 4.78 is 5.26. The van der Waals surface area contributed by atoms with Crippen LogP contribution >= 0.6 is 0 Å². The van der Waals surface area contributed by atoms with Gasteiger partial charge in [0.05, 0.1) is 13.3 Å². The molecule has 112 valence electrons. The molecule has 1 N–H and O–H groups in total. The van der Waals surface area contributed by atoms with Crippen LogP contribution in [0.3, 0.4) is 0 Å². The van der Waals surface area contributed by atoms with Crippen molar-refractivity contribution >= 4 is 0 Å². The molecule has 1 aromatic heterocycles. The maximum absolute atomic E-state index is 5.26. The second-order valence-corrected chi connectivity index (χ2v) is 5.25. The van der Waals surface area contributed by atoms with E-state index >= 15 is 0 Å². The highest BCUT2D eigenvalue weighted by Crippen LogP contribution is 2.22. The lowest BCUT2D eigenvalue weighted by molar-refractivity contribution is 0.412. The molecule has 2 rings (SSSR count). The first kappa shape index (κ1) is 15.5. The molecular weight excluding hydrogens is 260 g/mol. The molecule has 0 spiro atoms. The largest absolute Gasteiger partial charge is 0.495 e. The maximum atomic E-state index is 5.26. The molecule has 0 aliphatic rings. The molecule has 0 saturated carbocycles. The number of hydrogen-bond donors (Lipinski definition) is 1. The van der Waals surface area contributed by atoms with Crippen LogP contribution in [0, 0.1) is 0 Å². The molecule has 0 saturated heterocycles. The standard InChI is InChI=1S/C18H24N2O/c1-3-9-19-13-17(16-7-5-4-6-8-16)10-15-11-18(21-2)14-20-12-15/h4-8,11-12,14,17,19H,3,9-10,13H2,1-2H3. The van der Waals surface area contributed by atoms with Crippen LogP contribution in [-0.4, -0.2) is 25.2 Å². The third-order valence-electron chi connectivity index (χ3n) is 3.58. The molecule has 3 nitrogen and oxygen atoms in total. The highest BCUT2D eigenvalue weighted by atomic mass is 16.5. The Bertz CT molecular complexity index is 528. The average molecular weight is 284 g/mol. The number of nitrogens with zero attached hydrogens (tertiary/aromatic N) is 1. The van der Waals surface area contributed by atoms with Gasteiger partial charge in [-0.1, -0.05) is 37.3 Å². The summed E-state index contributed by atoms with van der Waals surface area (Å²) in [6.07, 6.45) is 5.79. The van der Waals surface area contributed by atoms with E-state index in [0.717, 1.165) is 31.7 Å². The van der Waals surface area contributed by atoms with Gasteiger partial charge in [0.2, 0.25) is 0 Å². The fraction of sp³-hybridized carbons (Fsp3) is 0.389. The average Bonchev–Trinajstić information content (AvgIpc) is 2.55. The number of aromatic nitrogens is 1. The third-order valence-corrected chi connectivity index (χ3v) is 3.58. The summed E-state index contributed by atoms with van der Waals surface area (Å²) in [6, 6.07) is 12.7. The van der Waals surface area contributed by atoms with Gasteiger partial charge in [-0.25, -0.2) is 0 Å². The molecule has 2 aromatic rings. The zero-order valence-electron chi connectivity index (χ0n) is 12.9. The van der Waals surface area contributed by atoms with Crippen molar-refractivity contribution in [1.82, 2.24) is 10.3 Å². The number of rotatable bonds is 8. The number of pyridine rings is 1. The third kappa shape index (κ3) is 4.87. The fourth-order valence-corrected chi connectivity index (χ4v) is 2.46. The molecule has 0 radical (unpaired) electrons. The van der Waals surface area contributed by atoms with Gasteiger partial charge in [0.25, 0.3) is 0 Å². The van der Waals surface area contributed by atoms with E-state index < -0.39 is 0 Å². The second-order valence-electron chi connectivity index (χ2n) is 5.25. The summed E-state index contributed by atoms with van der Waals surface area (Å²) in [5.74, 6) is 1.27. The lowest BCUT2D eigenvalue weighted by Crippen LogP contribution is -2.23. The Balaban J connectivity index is 2.11. The normalized spacial score (nSPS) is 12.1. The van der Waals surface area contributed by atoms with Crippen molar-refractivity contribution < 1.29 is 4.74 Å². The van der Waals surface area contributed by atoms with E-state index in [1.54, 1.807) is 13.3 Å². The quantitative estimate of drug-likeness (QED) is 0.754. The van der Waals surface area contributed by atoms with Gasteiger partial charge in [-0.05, 0) is 36.6 Å². The minimum atomic E-state index is 0.451. The Labute approximate surface area is 127 Å². The summed E-state index contributed by atoms with van der Waals surface area (Å²) in [6.45, 7) is 4.23.